The van der Waals surface area contributed by atoms with Crippen molar-refractivity contribution in [1.82, 2.24) is 15.2 Å². The average Bonchev–Trinajstić information content (AvgIpc) is 3.01. The average molecular weight is 352 g/mol. The highest BCUT2D eigenvalue weighted by atomic mass is 16.1. The summed E-state index contributed by atoms with van der Waals surface area (Å²) in [6.45, 7) is 9.93. The minimum atomic E-state index is -0.112. The van der Waals surface area contributed by atoms with E-state index in [0.717, 1.165) is 31.9 Å². The Morgan fingerprint density at radius 2 is 1.96 bits per heavy atom. The van der Waals surface area contributed by atoms with E-state index in [9.17, 15) is 4.79 Å². The number of hydrogen-bond donors (Lipinski definition) is 1. The first kappa shape index (κ1) is 18.4. The third kappa shape index (κ3) is 3.88. The van der Waals surface area contributed by atoms with Gasteiger partial charge in [0.15, 0.2) is 0 Å². The van der Waals surface area contributed by atoms with Crippen LogP contribution < -0.4 is 10.2 Å². The highest BCUT2D eigenvalue weighted by Gasteiger charge is 2.27. The van der Waals surface area contributed by atoms with Crippen LogP contribution in [0.2, 0.25) is 0 Å². The fourth-order valence-corrected chi connectivity index (χ4v) is 3.56. The molecule has 0 radical (unpaired) electrons. The largest absolute Gasteiger partial charge is 0.349 e. The van der Waals surface area contributed by atoms with Crippen molar-refractivity contribution < 1.29 is 4.79 Å². The molecular weight excluding hydrogens is 324 g/mol. The third-order valence-corrected chi connectivity index (χ3v) is 5.03. The van der Waals surface area contributed by atoms with Crippen molar-refractivity contribution in [3.05, 3.63) is 53.7 Å². The molecular formula is C21H28N4O. The molecule has 1 aromatic carbocycles. The zero-order valence-corrected chi connectivity index (χ0v) is 15.9. The van der Waals surface area contributed by atoms with E-state index < -0.39 is 0 Å². The van der Waals surface area contributed by atoms with Gasteiger partial charge in [-0.2, -0.15) is 0 Å². The number of rotatable bonds is 7. The first-order valence-electron chi connectivity index (χ1n) is 9.48. The van der Waals surface area contributed by atoms with Crippen LogP contribution in [-0.4, -0.2) is 48.0 Å². The minimum absolute atomic E-state index is 0.112. The van der Waals surface area contributed by atoms with Gasteiger partial charge in [0, 0.05) is 24.8 Å². The second-order valence-electron chi connectivity index (χ2n) is 6.72. The fourth-order valence-electron chi connectivity index (χ4n) is 3.56. The molecule has 5 heteroatoms. The van der Waals surface area contributed by atoms with Crippen LogP contribution in [-0.2, 0) is 6.42 Å². The number of carbonyl (C=O) groups is 1. The molecule has 1 aromatic heterocycles. The van der Waals surface area contributed by atoms with Crippen molar-refractivity contribution >= 4 is 17.4 Å². The molecule has 0 saturated heterocycles. The number of carbonyl (C=O) groups excluding carboxylic acids is 1. The molecule has 0 spiro atoms. The molecule has 26 heavy (non-hydrogen) atoms. The Bertz CT molecular complexity index is 757. The van der Waals surface area contributed by atoms with Crippen LogP contribution in [0.4, 0.5) is 11.5 Å². The maximum Gasteiger partial charge on any atom is 0.270 e. The number of nitrogens with zero attached hydrogens (tertiary/aromatic N) is 3. The van der Waals surface area contributed by atoms with Crippen LogP contribution in [0.25, 0.3) is 0 Å². The highest BCUT2D eigenvalue weighted by molar-refractivity contribution is 5.92. The van der Waals surface area contributed by atoms with Crippen LogP contribution in [0.15, 0.2) is 42.5 Å². The zero-order chi connectivity index (χ0) is 18.5. The van der Waals surface area contributed by atoms with Gasteiger partial charge in [0.1, 0.15) is 11.5 Å². The summed E-state index contributed by atoms with van der Waals surface area (Å²) in [6, 6.07) is 14.4. The van der Waals surface area contributed by atoms with Gasteiger partial charge in [0.25, 0.3) is 5.91 Å². The fraction of sp³-hybridized carbons (Fsp3) is 0.429. The first-order valence-corrected chi connectivity index (χ1v) is 9.48. The summed E-state index contributed by atoms with van der Waals surface area (Å²) in [5.41, 5.74) is 2.99. The molecule has 0 saturated carbocycles. The van der Waals surface area contributed by atoms with Crippen LogP contribution in [0, 0.1) is 0 Å². The second kappa shape index (κ2) is 8.32. The molecule has 1 atom stereocenters. The Morgan fingerprint density at radius 1 is 1.19 bits per heavy atom. The van der Waals surface area contributed by atoms with E-state index in [1.54, 1.807) is 6.07 Å². The Hall–Kier alpha value is -2.40. The van der Waals surface area contributed by atoms with Crippen molar-refractivity contribution in [3.63, 3.8) is 0 Å². The Balaban J connectivity index is 1.72. The van der Waals surface area contributed by atoms with Crippen LogP contribution in [0.3, 0.4) is 0 Å². The van der Waals surface area contributed by atoms with Gasteiger partial charge in [0.2, 0.25) is 0 Å². The Morgan fingerprint density at radius 3 is 2.73 bits per heavy atom. The summed E-state index contributed by atoms with van der Waals surface area (Å²) in [5.74, 6) is 0.720. The lowest BCUT2D eigenvalue weighted by molar-refractivity contribution is 0.0944. The van der Waals surface area contributed by atoms with Gasteiger partial charge in [-0.1, -0.05) is 38.1 Å². The van der Waals surface area contributed by atoms with E-state index >= 15 is 0 Å². The van der Waals surface area contributed by atoms with E-state index in [1.165, 1.54) is 11.3 Å². The van der Waals surface area contributed by atoms with Gasteiger partial charge < -0.3 is 15.1 Å². The number of amides is 1. The van der Waals surface area contributed by atoms with E-state index in [1.807, 2.05) is 18.2 Å². The molecule has 1 N–H and O–H groups in total. The summed E-state index contributed by atoms with van der Waals surface area (Å²) in [6.07, 6.45) is 0.998. The van der Waals surface area contributed by atoms with E-state index in [4.69, 9.17) is 0 Å². The minimum Gasteiger partial charge on any atom is -0.349 e. The summed E-state index contributed by atoms with van der Waals surface area (Å²) < 4.78 is 0. The molecule has 1 aliphatic rings. The molecule has 3 rings (SSSR count). The van der Waals surface area contributed by atoms with Crippen molar-refractivity contribution in [2.75, 3.05) is 31.1 Å². The van der Waals surface area contributed by atoms with Gasteiger partial charge in [-0.15, -0.1) is 0 Å². The standard InChI is InChI=1S/C21H28N4O/c1-4-24(5-2)14-13-22-21(26)18-10-8-12-20(23-18)25-16(3)15-17-9-6-7-11-19(17)25/h6-12,16H,4-5,13-15H2,1-3H3,(H,22,26). The number of para-hydroxylation sites is 1. The molecule has 2 aromatic rings. The summed E-state index contributed by atoms with van der Waals surface area (Å²) in [5, 5.41) is 2.98. The van der Waals surface area contributed by atoms with E-state index in [2.05, 4.69) is 59.1 Å². The van der Waals surface area contributed by atoms with Gasteiger partial charge in [-0.3, -0.25) is 4.79 Å². The second-order valence-corrected chi connectivity index (χ2v) is 6.72. The van der Waals surface area contributed by atoms with Crippen molar-refractivity contribution in [3.8, 4) is 0 Å². The molecule has 1 aliphatic heterocycles. The molecule has 1 unspecified atom stereocenters. The topological polar surface area (TPSA) is 48.5 Å². The maximum absolute atomic E-state index is 12.5. The number of pyridine rings is 1. The van der Waals surface area contributed by atoms with Crippen LogP contribution in [0.1, 0.15) is 36.8 Å². The normalized spacial score (nSPS) is 16.0. The summed E-state index contributed by atoms with van der Waals surface area (Å²) in [7, 11) is 0. The number of anilines is 2. The quantitative estimate of drug-likeness (QED) is 0.831. The van der Waals surface area contributed by atoms with Gasteiger partial charge in [0.05, 0.1) is 0 Å². The van der Waals surface area contributed by atoms with Gasteiger partial charge >= 0.3 is 0 Å². The number of nitrogens with one attached hydrogen (secondary N) is 1. The Labute approximate surface area is 156 Å². The molecule has 0 fully saturated rings. The lowest BCUT2D eigenvalue weighted by Gasteiger charge is -2.24. The predicted octanol–water partition coefficient (Wildman–Crippen LogP) is 3.24. The van der Waals surface area contributed by atoms with Crippen LogP contribution in [0.5, 0.6) is 0 Å². The van der Waals surface area contributed by atoms with E-state index in [0.29, 0.717) is 18.3 Å². The van der Waals surface area contributed by atoms with Gasteiger partial charge in [-0.25, -0.2) is 4.98 Å². The number of likely N-dealkylation sites (N-methyl/N-ethyl adjacent to an activating group) is 1. The molecule has 5 nitrogen and oxygen atoms in total. The molecule has 1 amide bonds. The van der Waals surface area contributed by atoms with Crippen molar-refractivity contribution in [1.29, 1.82) is 0 Å². The highest BCUT2D eigenvalue weighted by Crippen LogP contribution is 2.37. The smallest absolute Gasteiger partial charge is 0.270 e. The SMILES string of the molecule is CCN(CC)CCNC(=O)c1cccc(N2c3ccccc3CC2C)n1. The van der Waals surface area contributed by atoms with E-state index in [-0.39, 0.29) is 5.91 Å². The summed E-state index contributed by atoms with van der Waals surface area (Å²) >= 11 is 0. The molecule has 138 valence electrons. The van der Waals surface area contributed by atoms with Crippen LogP contribution >= 0.6 is 0 Å². The first-order chi connectivity index (χ1) is 12.6. The number of aromatic nitrogens is 1. The number of fused-ring (bicyclic) bond motifs is 1. The molecule has 2 heterocycles. The lowest BCUT2D eigenvalue weighted by Crippen LogP contribution is -2.35. The third-order valence-electron chi connectivity index (χ3n) is 5.03. The summed E-state index contributed by atoms with van der Waals surface area (Å²) in [4.78, 5) is 21.6. The monoisotopic (exact) mass is 352 g/mol. The van der Waals surface area contributed by atoms with Crippen molar-refractivity contribution in [2.24, 2.45) is 0 Å². The molecule has 0 aliphatic carbocycles. The zero-order valence-electron chi connectivity index (χ0n) is 15.9. The lowest BCUT2D eigenvalue weighted by atomic mass is 10.1. The van der Waals surface area contributed by atoms with Crippen molar-refractivity contribution in [2.45, 2.75) is 33.2 Å². The Kier molecular flexibility index (Phi) is 5.89. The number of hydrogen-bond acceptors (Lipinski definition) is 4. The maximum atomic E-state index is 12.5. The molecule has 0 bridgehead atoms. The predicted molar refractivity (Wildman–Crippen MR) is 106 cm³/mol. The number of benzene rings is 1. The van der Waals surface area contributed by atoms with Gasteiger partial charge in [-0.05, 0) is 50.2 Å².